The van der Waals surface area contributed by atoms with Gasteiger partial charge >= 0.3 is 6.09 Å². The second-order valence-electron chi connectivity index (χ2n) is 4.40. The Morgan fingerprint density at radius 3 is 2.77 bits per heavy atom. The summed E-state index contributed by atoms with van der Waals surface area (Å²) >= 11 is 5.84. The van der Waals surface area contributed by atoms with E-state index in [-0.39, 0.29) is 5.95 Å². The largest absolute Gasteiger partial charge is 0.465 e. The van der Waals surface area contributed by atoms with Crippen molar-refractivity contribution >= 4 is 35.1 Å². The van der Waals surface area contributed by atoms with E-state index in [0.29, 0.717) is 23.0 Å². The molecule has 2 heterocycles. The number of hydrogen-bond acceptors (Lipinski definition) is 5. The lowest BCUT2D eigenvalue weighted by Crippen LogP contribution is -2.10. The van der Waals surface area contributed by atoms with Gasteiger partial charge < -0.3 is 10.4 Å². The Labute approximate surface area is 129 Å². The molecule has 112 valence electrons. The van der Waals surface area contributed by atoms with Gasteiger partial charge in [0.05, 0.1) is 0 Å². The minimum absolute atomic E-state index is 0.111. The molecular formula is C13H11ClN6O2. The molecule has 0 aliphatic heterocycles. The Morgan fingerprint density at radius 1 is 1.27 bits per heavy atom. The van der Waals surface area contributed by atoms with Gasteiger partial charge in [-0.1, -0.05) is 23.7 Å². The number of hydrogen-bond donors (Lipinski definition) is 3. The average Bonchev–Trinajstić information content (AvgIpc) is 2.90. The average molecular weight is 319 g/mol. The van der Waals surface area contributed by atoms with Crippen LogP contribution in [0.5, 0.6) is 0 Å². The molecule has 8 nitrogen and oxygen atoms in total. The summed E-state index contributed by atoms with van der Waals surface area (Å²) in [6.45, 7) is 0.526. The van der Waals surface area contributed by atoms with E-state index >= 15 is 0 Å². The van der Waals surface area contributed by atoms with E-state index in [1.54, 1.807) is 18.3 Å². The molecular weight excluding hydrogens is 308 g/mol. The van der Waals surface area contributed by atoms with Crippen LogP contribution in [0.1, 0.15) is 5.56 Å². The van der Waals surface area contributed by atoms with Crippen molar-refractivity contribution in [3.63, 3.8) is 0 Å². The van der Waals surface area contributed by atoms with Gasteiger partial charge in [-0.05, 0) is 17.7 Å². The van der Waals surface area contributed by atoms with Gasteiger partial charge in [-0.25, -0.2) is 9.78 Å². The summed E-state index contributed by atoms with van der Waals surface area (Å²) < 4.78 is 1.51. The minimum atomic E-state index is -1.21. The zero-order valence-electron chi connectivity index (χ0n) is 11.2. The number of halogens is 1. The van der Waals surface area contributed by atoms with Crippen LogP contribution >= 0.6 is 11.6 Å². The number of benzene rings is 1. The molecule has 0 saturated heterocycles. The highest BCUT2D eigenvalue weighted by Crippen LogP contribution is 2.16. The molecule has 0 fully saturated rings. The number of rotatable bonds is 4. The number of amides is 1. The Hall–Kier alpha value is -2.87. The van der Waals surface area contributed by atoms with Crippen LogP contribution in [-0.2, 0) is 6.54 Å². The fraction of sp³-hybridized carbons (Fsp3) is 0.0769. The predicted octanol–water partition coefficient (Wildman–Crippen LogP) is 2.48. The maximum atomic E-state index is 10.7. The first-order valence-corrected chi connectivity index (χ1v) is 6.69. The Balaban J connectivity index is 1.83. The molecule has 0 aliphatic rings. The molecule has 9 heteroatoms. The normalized spacial score (nSPS) is 10.6. The van der Waals surface area contributed by atoms with E-state index in [0.717, 1.165) is 5.56 Å². The van der Waals surface area contributed by atoms with Crippen LogP contribution in [0.25, 0.3) is 5.65 Å². The Morgan fingerprint density at radius 2 is 2.05 bits per heavy atom. The standard InChI is InChI=1S/C13H11ClN6O2/c14-9-3-1-8(2-4-9)7-16-10-11-18-19-12(17-13(21)22)20(11)6-5-15-10/h1-6H,7H2,(H,15,16)(H,17,19)(H,21,22). The van der Waals surface area contributed by atoms with Gasteiger partial charge in [-0.3, -0.25) is 9.72 Å². The predicted molar refractivity (Wildman–Crippen MR) is 81.2 cm³/mol. The van der Waals surface area contributed by atoms with Crippen molar-refractivity contribution in [2.24, 2.45) is 0 Å². The lowest BCUT2D eigenvalue weighted by molar-refractivity contribution is 0.209. The van der Waals surface area contributed by atoms with Gasteiger partial charge in [0.2, 0.25) is 11.6 Å². The number of carboxylic acid groups (broad SMARTS) is 1. The van der Waals surface area contributed by atoms with Crippen LogP contribution in [0.4, 0.5) is 16.6 Å². The number of fused-ring (bicyclic) bond motifs is 1. The van der Waals surface area contributed by atoms with Gasteiger partial charge in [-0.2, -0.15) is 0 Å². The topological polar surface area (TPSA) is 104 Å². The summed E-state index contributed by atoms with van der Waals surface area (Å²) in [5.41, 5.74) is 1.46. The van der Waals surface area contributed by atoms with E-state index in [1.165, 1.54) is 10.6 Å². The zero-order chi connectivity index (χ0) is 15.5. The lowest BCUT2D eigenvalue weighted by atomic mass is 10.2. The fourth-order valence-electron chi connectivity index (χ4n) is 1.92. The van der Waals surface area contributed by atoms with Crippen LogP contribution in [0.3, 0.4) is 0 Å². The molecule has 0 aliphatic carbocycles. The fourth-order valence-corrected chi connectivity index (χ4v) is 2.05. The monoisotopic (exact) mass is 318 g/mol. The molecule has 0 bridgehead atoms. The summed E-state index contributed by atoms with van der Waals surface area (Å²) in [5, 5.41) is 22.5. The van der Waals surface area contributed by atoms with Gasteiger partial charge in [0.1, 0.15) is 0 Å². The van der Waals surface area contributed by atoms with Gasteiger partial charge in [-0.15, -0.1) is 10.2 Å². The number of aromatic nitrogens is 4. The van der Waals surface area contributed by atoms with E-state index in [2.05, 4.69) is 25.8 Å². The highest BCUT2D eigenvalue weighted by molar-refractivity contribution is 6.30. The van der Waals surface area contributed by atoms with Crippen LogP contribution in [0.15, 0.2) is 36.7 Å². The van der Waals surface area contributed by atoms with Crippen LogP contribution in [0, 0.1) is 0 Å². The van der Waals surface area contributed by atoms with Crippen molar-refractivity contribution in [3.8, 4) is 0 Å². The molecule has 0 atom stereocenters. The third-order valence-electron chi connectivity index (χ3n) is 2.92. The Kier molecular flexibility index (Phi) is 3.75. The summed E-state index contributed by atoms with van der Waals surface area (Å²) in [6.07, 6.45) is 1.91. The molecule has 2 aromatic heterocycles. The highest BCUT2D eigenvalue weighted by Gasteiger charge is 2.11. The SMILES string of the molecule is O=C(O)Nc1nnc2c(NCc3ccc(Cl)cc3)nccn12. The zero-order valence-corrected chi connectivity index (χ0v) is 11.9. The molecule has 0 saturated carbocycles. The van der Waals surface area contributed by atoms with E-state index in [4.69, 9.17) is 16.7 Å². The molecule has 3 aromatic rings. The van der Waals surface area contributed by atoms with Gasteiger partial charge in [0, 0.05) is 24.0 Å². The maximum absolute atomic E-state index is 10.7. The van der Waals surface area contributed by atoms with Crippen molar-refractivity contribution < 1.29 is 9.90 Å². The van der Waals surface area contributed by atoms with Crippen LogP contribution < -0.4 is 10.6 Å². The highest BCUT2D eigenvalue weighted by atomic mass is 35.5. The van der Waals surface area contributed by atoms with E-state index < -0.39 is 6.09 Å². The number of nitrogens with one attached hydrogen (secondary N) is 2. The summed E-state index contributed by atoms with van der Waals surface area (Å²) in [5.74, 6) is 0.614. The quantitative estimate of drug-likeness (QED) is 0.682. The van der Waals surface area contributed by atoms with Gasteiger partial charge in [0.25, 0.3) is 0 Å². The third-order valence-corrected chi connectivity index (χ3v) is 3.17. The molecule has 1 amide bonds. The molecule has 3 rings (SSSR count). The molecule has 0 spiro atoms. The first-order valence-electron chi connectivity index (χ1n) is 6.31. The second kappa shape index (κ2) is 5.86. The molecule has 3 N–H and O–H groups in total. The number of nitrogens with zero attached hydrogens (tertiary/aromatic N) is 4. The first-order chi connectivity index (χ1) is 10.6. The van der Waals surface area contributed by atoms with Gasteiger partial charge in [0.15, 0.2) is 5.82 Å². The maximum Gasteiger partial charge on any atom is 0.411 e. The Bertz CT molecular complexity index is 817. The molecule has 0 radical (unpaired) electrons. The summed E-state index contributed by atoms with van der Waals surface area (Å²) in [7, 11) is 0. The van der Waals surface area contributed by atoms with Crippen LogP contribution in [0.2, 0.25) is 5.02 Å². The lowest BCUT2D eigenvalue weighted by Gasteiger charge is -2.07. The number of carbonyl (C=O) groups is 1. The second-order valence-corrected chi connectivity index (χ2v) is 4.84. The minimum Gasteiger partial charge on any atom is -0.465 e. The van der Waals surface area contributed by atoms with Crippen molar-refractivity contribution in [1.29, 1.82) is 0 Å². The van der Waals surface area contributed by atoms with Crippen LogP contribution in [-0.4, -0.2) is 30.8 Å². The summed E-state index contributed by atoms with van der Waals surface area (Å²) in [4.78, 5) is 14.9. The van der Waals surface area contributed by atoms with E-state index in [9.17, 15) is 4.79 Å². The van der Waals surface area contributed by atoms with Crippen molar-refractivity contribution in [2.45, 2.75) is 6.54 Å². The first kappa shape index (κ1) is 14.1. The van der Waals surface area contributed by atoms with E-state index in [1.807, 2.05) is 12.1 Å². The van der Waals surface area contributed by atoms with Crippen molar-refractivity contribution in [3.05, 3.63) is 47.2 Å². The van der Waals surface area contributed by atoms with Crippen molar-refractivity contribution in [2.75, 3.05) is 10.6 Å². The third kappa shape index (κ3) is 2.91. The molecule has 22 heavy (non-hydrogen) atoms. The number of anilines is 2. The van der Waals surface area contributed by atoms with Crippen molar-refractivity contribution in [1.82, 2.24) is 19.6 Å². The molecule has 0 unspecified atom stereocenters. The smallest absolute Gasteiger partial charge is 0.411 e. The molecule has 1 aromatic carbocycles. The summed E-state index contributed by atoms with van der Waals surface area (Å²) in [6, 6.07) is 7.41.